The minimum atomic E-state index is -1.33. The van der Waals surface area contributed by atoms with Crippen molar-refractivity contribution in [2.75, 3.05) is 31.1 Å². The average molecular weight is 387 g/mol. The van der Waals surface area contributed by atoms with Gasteiger partial charge in [-0.05, 0) is 25.8 Å². The standard InChI is InChI=1S/C20H22FN3O4/c1-11-10-28-19-16-13(18(25)14(20(26)27)9-24(11)16)7-15(21)17(19)23-6-2-3-12(8-23)4-5-22/h4,7,9,11H,2-3,5-6,8,10,22H2,1H3,(H,26,27)/t11-/m0/s1. The zero-order valence-electron chi connectivity index (χ0n) is 15.6. The second-order valence-corrected chi connectivity index (χ2v) is 7.30. The Balaban J connectivity index is 1.97. The Labute approximate surface area is 160 Å². The van der Waals surface area contributed by atoms with E-state index in [-0.39, 0.29) is 23.6 Å². The molecule has 0 spiro atoms. The van der Waals surface area contributed by atoms with Crippen LogP contribution >= 0.6 is 0 Å². The highest BCUT2D eigenvalue weighted by Gasteiger charge is 2.31. The number of nitrogens with two attached hydrogens (primary N) is 1. The molecule has 0 saturated carbocycles. The number of pyridine rings is 1. The van der Waals surface area contributed by atoms with Crippen LogP contribution in [0.15, 0.2) is 28.7 Å². The molecular formula is C20H22FN3O4. The third-order valence-corrected chi connectivity index (χ3v) is 5.41. The molecule has 0 bridgehead atoms. The molecule has 2 aromatic rings. The summed E-state index contributed by atoms with van der Waals surface area (Å²) in [7, 11) is 0. The Kier molecular flexibility index (Phi) is 4.58. The molecule has 148 valence electrons. The number of carboxylic acids is 1. The molecule has 3 N–H and O–H groups in total. The first-order valence-corrected chi connectivity index (χ1v) is 9.32. The fraction of sp³-hybridized carbons (Fsp3) is 0.400. The van der Waals surface area contributed by atoms with Gasteiger partial charge in [-0.25, -0.2) is 9.18 Å². The molecule has 8 heteroatoms. The largest absolute Gasteiger partial charge is 0.487 e. The number of carbonyl (C=O) groups is 1. The number of aromatic carboxylic acids is 1. The normalized spacial score (nSPS) is 20.5. The molecule has 0 radical (unpaired) electrons. The van der Waals surface area contributed by atoms with Crippen molar-refractivity contribution in [2.45, 2.75) is 25.8 Å². The van der Waals surface area contributed by atoms with Crippen LogP contribution in [-0.4, -0.2) is 41.9 Å². The van der Waals surface area contributed by atoms with Crippen LogP contribution in [0.1, 0.15) is 36.2 Å². The second-order valence-electron chi connectivity index (χ2n) is 7.30. The van der Waals surface area contributed by atoms with Gasteiger partial charge in [-0.1, -0.05) is 11.6 Å². The molecule has 0 amide bonds. The summed E-state index contributed by atoms with van der Waals surface area (Å²) in [4.78, 5) is 26.0. The number of rotatable bonds is 3. The number of carboxylic acid groups (broad SMARTS) is 1. The average Bonchev–Trinajstić information content (AvgIpc) is 2.66. The van der Waals surface area contributed by atoms with Crippen LogP contribution in [0.3, 0.4) is 0 Å². The van der Waals surface area contributed by atoms with Crippen molar-refractivity contribution in [2.24, 2.45) is 5.73 Å². The third-order valence-electron chi connectivity index (χ3n) is 5.41. The quantitative estimate of drug-likeness (QED) is 0.784. The van der Waals surface area contributed by atoms with Crippen molar-refractivity contribution < 1.29 is 19.0 Å². The van der Waals surface area contributed by atoms with E-state index in [9.17, 15) is 14.7 Å². The maximum absolute atomic E-state index is 15.2. The van der Waals surface area contributed by atoms with Gasteiger partial charge in [-0.15, -0.1) is 0 Å². The molecule has 1 aromatic heterocycles. The number of benzene rings is 1. The van der Waals surface area contributed by atoms with E-state index in [1.165, 1.54) is 6.20 Å². The molecule has 4 rings (SSSR count). The van der Waals surface area contributed by atoms with Crippen LogP contribution < -0.4 is 20.8 Å². The minimum Gasteiger partial charge on any atom is -0.487 e. The van der Waals surface area contributed by atoms with Crippen molar-refractivity contribution in [1.82, 2.24) is 4.57 Å². The van der Waals surface area contributed by atoms with Crippen LogP contribution in [0.25, 0.3) is 10.9 Å². The number of aromatic nitrogens is 1. The second kappa shape index (κ2) is 6.94. The smallest absolute Gasteiger partial charge is 0.341 e. The summed E-state index contributed by atoms with van der Waals surface area (Å²) < 4.78 is 22.8. The number of hydrogen-bond donors (Lipinski definition) is 2. The highest BCUT2D eigenvalue weighted by molar-refractivity contribution is 5.97. The van der Waals surface area contributed by atoms with Crippen molar-refractivity contribution in [3.05, 3.63) is 45.5 Å². The lowest BCUT2D eigenvalue weighted by molar-refractivity contribution is 0.0694. The molecular weight excluding hydrogens is 365 g/mol. The van der Waals surface area contributed by atoms with Crippen LogP contribution in [0.2, 0.25) is 0 Å². The number of nitrogens with zero attached hydrogens (tertiary/aromatic N) is 2. The van der Waals surface area contributed by atoms with E-state index in [2.05, 4.69) is 0 Å². The van der Waals surface area contributed by atoms with Gasteiger partial charge in [0, 0.05) is 25.8 Å². The Morgan fingerprint density at radius 3 is 3.00 bits per heavy atom. The van der Waals surface area contributed by atoms with Crippen LogP contribution in [0.4, 0.5) is 10.1 Å². The van der Waals surface area contributed by atoms with E-state index < -0.39 is 17.2 Å². The lowest BCUT2D eigenvalue weighted by atomic mass is 10.0. The van der Waals surface area contributed by atoms with Crippen molar-refractivity contribution in [3.63, 3.8) is 0 Å². The van der Waals surface area contributed by atoms with Crippen molar-refractivity contribution in [3.8, 4) is 5.75 Å². The van der Waals surface area contributed by atoms with E-state index in [4.69, 9.17) is 10.5 Å². The first kappa shape index (κ1) is 18.5. The molecule has 1 fully saturated rings. The number of ether oxygens (including phenoxy) is 1. The van der Waals surface area contributed by atoms with E-state index >= 15 is 4.39 Å². The summed E-state index contributed by atoms with van der Waals surface area (Å²) in [5.41, 5.74) is 6.45. The van der Waals surface area contributed by atoms with Gasteiger partial charge in [0.2, 0.25) is 5.43 Å². The zero-order chi connectivity index (χ0) is 20.0. The maximum atomic E-state index is 15.2. The number of hydrogen-bond acceptors (Lipinski definition) is 5. The lowest BCUT2D eigenvalue weighted by Crippen LogP contribution is -2.34. The predicted molar refractivity (Wildman–Crippen MR) is 104 cm³/mol. The van der Waals surface area contributed by atoms with Crippen LogP contribution in [-0.2, 0) is 0 Å². The molecule has 7 nitrogen and oxygen atoms in total. The van der Waals surface area contributed by atoms with Crippen molar-refractivity contribution in [1.29, 1.82) is 0 Å². The zero-order valence-corrected chi connectivity index (χ0v) is 15.6. The van der Waals surface area contributed by atoms with Gasteiger partial charge in [-0.3, -0.25) is 4.79 Å². The Bertz CT molecular complexity index is 1060. The summed E-state index contributed by atoms with van der Waals surface area (Å²) in [6, 6.07) is 0.961. The van der Waals surface area contributed by atoms with Gasteiger partial charge >= 0.3 is 5.97 Å². The monoisotopic (exact) mass is 387 g/mol. The predicted octanol–water partition coefficient (Wildman–Crippen LogP) is 2.28. The summed E-state index contributed by atoms with van der Waals surface area (Å²) in [6.07, 6.45) is 5.07. The van der Waals surface area contributed by atoms with E-state index in [1.54, 1.807) is 4.57 Å². The fourth-order valence-electron chi connectivity index (χ4n) is 4.08. The van der Waals surface area contributed by atoms with Gasteiger partial charge in [0.15, 0.2) is 11.6 Å². The summed E-state index contributed by atoms with van der Waals surface area (Å²) in [5.74, 6) is -1.61. The van der Waals surface area contributed by atoms with Gasteiger partial charge in [0.25, 0.3) is 0 Å². The van der Waals surface area contributed by atoms with Crippen LogP contribution in [0.5, 0.6) is 5.75 Å². The molecule has 1 saturated heterocycles. The Hall–Kier alpha value is -2.87. The molecule has 2 aliphatic rings. The van der Waals surface area contributed by atoms with Gasteiger partial charge in [0.1, 0.15) is 17.9 Å². The molecule has 28 heavy (non-hydrogen) atoms. The first-order chi connectivity index (χ1) is 13.4. The lowest BCUT2D eigenvalue weighted by Gasteiger charge is -2.35. The summed E-state index contributed by atoms with van der Waals surface area (Å²) in [6.45, 7) is 3.77. The number of piperidine rings is 1. The molecule has 1 atom stereocenters. The van der Waals surface area contributed by atoms with Crippen molar-refractivity contribution >= 4 is 22.6 Å². The number of anilines is 1. The summed E-state index contributed by atoms with van der Waals surface area (Å²) >= 11 is 0. The van der Waals surface area contributed by atoms with Gasteiger partial charge < -0.3 is 25.0 Å². The third kappa shape index (κ3) is 2.84. The van der Waals surface area contributed by atoms with Gasteiger partial charge in [0.05, 0.1) is 16.9 Å². The highest BCUT2D eigenvalue weighted by atomic mass is 19.1. The Morgan fingerprint density at radius 1 is 1.50 bits per heavy atom. The van der Waals surface area contributed by atoms with Crippen LogP contribution in [0, 0.1) is 5.82 Å². The maximum Gasteiger partial charge on any atom is 0.341 e. The molecule has 3 heterocycles. The minimum absolute atomic E-state index is 0.0254. The van der Waals surface area contributed by atoms with E-state index in [0.29, 0.717) is 36.6 Å². The molecule has 1 aromatic carbocycles. The molecule has 2 aliphatic heterocycles. The number of halogens is 1. The Morgan fingerprint density at radius 2 is 2.29 bits per heavy atom. The molecule has 0 aliphatic carbocycles. The molecule has 0 unspecified atom stereocenters. The highest BCUT2D eigenvalue weighted by Crippen LogP contribution is 2.42. The van der Waals surface area contributed by atoms with E-state index in [1.807, 2.05) is 17.9 Å². The van der Waals surface area contributed by atoms with Gasteiger partial charge in [-0.2, -0.15) is 0 Å². The first-order valence-electron chi connectivity index (χ1n) is 9.32. The van der Waals surface area contributed by atoms with E-state index in [0.717, 1.165) is 24.5 Å². The summed E-state index contributed by atoms with van der Waals surface area (Å²) in [5, 5.41) is 9.39. The topological polar surface area (TPSA) is 97.8 Å². The SMILES string of the molecule is C[C@H]1COc2c(N3CCCC(=CCN)C3)c(F)cc3c(=O)c(C(=O)O)cn1c23. The fourth-order valence-corrected chi connectivity index (χ4v) is 4.08.